The van der Waals surface area contributed by atoms with E-state index in [2.05, 4.69) is 15.9 Å². The number of carbonyl (C=O) groups is 1. The van der Waals surface area contributed by atoms with Crippen molar-refractivity contribution in [2.75, 3.05) is 0 Å². The highest BCUT2D eigenvalue weighted by atomic mass is 79.9. The first-order valence-electron chi connectivity index (χ1n) is 4.62. The summed E-state index contributed by atoms with van der Waals surface area (Å²) in [5.74, 6) is -0.496. The van der Waals surface area contributed by atoms with Crippen LogP contribution in [0.1, 0.15) is 17.5 Å². The largest absolute Gasteiger partial charge is 0.416 e. The number of halogens is 4. The Hall–Kier alpha value is -1.30. The van der Waals surface area contributed by atoms with E-state index in [4.69, 9.17) is 5.73 Å². The second-order valence-electron chi connectivity index (χ2n) is 3.31. The molecule has 0 unspecified atom stereocenters. The van der Waals surface area contributed by atoms with Crippen molar-refractivity contribution >= 4 is 27.9 Å². The Kier molecular flexibility index (Phi) is 4.34. The molecule has 0 bridgehead atoms. The van der Waals surface area contributed by atoms with Crippen LogP contribution < -0.4 is 5.73 Å². The van der Waals surface area contributed by atoms with E-state index >= 15 is 0 Å². The molecule has 0 aliphatic heterocycles. The third kappa shape index (κ3) is 4.22. The molecule has 0 atom stereocenters. The summed E-state index contributed by atoms with van der Waals surface area (Å²) in [7, 11) is 0. The number of carbonyl (C=O) groups excluding carboxylic acids is 1. The van der Waals surface area contributed by atoms with E-state index in [9.17, 15) is 18.0 Å². The van der Waals surface area contributed by atoms with Crippen molar-refractivity contribution in [3.05, 3.63) is 39.9 Å². The van der Waals surface area contributed by atoms with Gasteiger partial charge in [-0.1, -0.05) is 34.1 Å². The van der Waals surface area contributed by atoms with Crippen molar-refractivity contribution in [2.45, 2.75) is 12.6 Å². The first-order valence-corrected chi connectivity index (χ1v) is 5.41. The summed E-state index contributed by atoms with van der Waals surface area (Å²) in [6.45, 7) is 0. The lowest BCUT2D eigenvalue weighted by Gasteiger charge is -2.08. The first kappa shape index (κ1) is 13.8. The average molecular weight is 308 g/mol. The van der Waals surface area contributed by atoms with Crippen LogP contribution in [0.5, 0.6) is 0 Å². The SMILES string of the molecule is NC(=O)CC=Cc1ccc(C(F)(F)F)cc1Br. The molecule has 1 aromatic carbocycles. The number of primary amides is 1. The summed E-state index contributed by atoms with van der Waals surface area (Å²) in [4.78, 5) is 10.5. The van der Waals surface area contributed by atoms with Gasteiger partial charge in [-0.05, 0) is 17.7 Å². The number of rotatable bonds is 3. The van der Waals surface area contributed by atoms with Gasteiger partial charge in [-0.2, -0.15) is 13.2 Å². The molecule has 17 heavy (non-hydrogen) atoms. The van der Waals surface area contributed by atoms with E-state index in [0.717, 1.165) is 12.1 Å². The van der Waals surface area contributed by atoms with Crippen LogP contribution in [0.25, 0.3) is 6.08 Å². The van der Waals surface area contributed by atoms with Gasteiger partial charge in [-0.25, -0.2) is 0 Å². The molecule has 2 nitrogen and oxygen atoms in total. The van der Waals surface area contributed by atoms with Gasteiger partial charge in [-0.3, -0.25) is 4.79 Å². The molecule has 1 rings (SSSR count). The second-order valence-corrected chi connectivity index (χ2v) is 4.16. The van der Waals surface area contributed by atoms with Crippen molar-refractivity contribution < 1.29 is 18.0 Å². The number of nitrogens with two attached hydrogens (primary N) is 1. The van der Waals surface area contributed by atoms with Crippen molar-refractivity contribution in [3.63, 3.8) is 0 Å². The maximum atomic E-state index is 12.4. The first-order chi connectivity index (χ1) is 7.80. The molecular formula is C11H9BrF3NO. The Labute approximate surface area is 104 Å². The molecule has 0 saturated carbocycles. The van der Waals surface area contributed by atoms with E-state index in [1.807, 2.05) is 0 Å². The standard InChI is InChI=1S/C11H9BrF3NO/c12-9-6-8(11(13,14)15)5-4-7(9)2-1-3-10(16)17/h1-2,4-6H,3H2,(H2,16,17). The fourth-order valence-corrected chi connectivity index (χ4v) is 1.65. The highest BCUT2D eigenvalue weighted by Crippen LogP contribution is 2.32. The van der Waals surface area contributed by atoms with Crippen LogP contribution in [-0.2, 0) is 11.0 Å². The van der Waals surface area contributed by atoms with Crippen molar-refractivity contribution in [1.82, 2.24) is 0 Å². The minimum Gasteiger partial charge on any atom is -0.369 e. The zero-order valence-electron chi connectivity index (χ0n) is 8.59. The number of hydrogen-bond donors (Lipinski definition) is 1. The summed E-state index contributed by atoms with van der Waals surface area (Å²) >= 11 is 3.04. The molecule has 0 heterocycles. The number of benzene rings is 1. The van der Waals surface area contributed by atoms with E-state index in [1.54, 1.807) is 0 Å². The molecule has 0 radical (unpaired) electrons. The molecule has 2 N–H and O–H groups in total. The Balaban J connectivity index is 2.91. The third-order valence-corrected chi connectivity index (χ3v) is 2.63. The van der Waals surface area contributed by atoms with Gasteiger partial charge in [-0.15, -0.1) is 0 Å². The lowest BCUT2D eigenvalue weighted by Crippen LogP contribution is -2.08. The Morgan fingerprint density at radius 3 is 2.53 bits per heavy atom. The number of alkyl halides is 3. The van der Waals surface area contributed by atoms with Crippen LogP contribution in [0.4, 0.5) is 13.2 Å². The summed E-state index contributed by atoms with van der Waals surface area (Å²) in [5.41, 5.74) is 4.75. The summed E-state index contributed by atoms with van der Waals surface area (Å²) in [5, 5.41) is 0. The number of hydrogen-bond acceptors (Lipinski definition) is 1. The quantitative estimate of drug-likeness (QED) is 0.914. The molecule has 0 aliphatic rings. The third-order valence-electron chi connectivity index (χ3n) is 1.94. The topological polar surface area (TPSA) is 43.1 Å². The van der Waals surface area contributed by atoms with Crippen molar-refractivity contribution in [3.8, 4) is 0 Å². The van der Waals surface area contributed by atoms with Gasteiger partial charge in [0.05, 0.1) is 5.56 Å². The Morgan fingerprint density at radius 2 is 2.06 bits per heavy atom. The minimum atomic E-state index is -4.36. The minimum absolute atomic E-state index is 0.0491. The molecular weight excluding hydrogens is 299 g/mol. The molecule has 0 aliphatic carbocycles. The summed E-state index contributed by atoms with van der Waals surface area (Å²) in [6.07, 6.45) is -1.28. The highest BCUT2D eigenvalue weighted by molar-refractivity contribution is 9.10. The molecule has 0 spiro atoms. The molecule has 6 heteroatoms. The van der Waals surface area contributed by atoms with Gasteiger partial charge in [0.25, 0.3) is 0 Å². The van der Waals surface area contributed by atoms with Gasteiger partial charge in [0.1, 0.15) is 0 Å². The van der Waals surface area contributed by atoms with Gasteiger partial charge in [0.2, 0.25) is 5.91 Å². The monoisotopic (exact) mass is 307 g/mol. The second kappa shape index (κ2) is 5.35. The molecule has 0 saturated heterocycles. The average Bonchev–Trinajstić information content (AvgIpc) is 2.18. The van der Waals surface area contributed by atoms with Gasteiger partial charge in [0, 0.05) is 10.9 Å². The number of amides is 1. The van der Waals surface area contributed by atoms with E-state index < -0.39 is 17.6 Å². The van der Waals surface area contributed by atoms with Crippen LogP contribution in [0.2, 0.25) is 0 Å². The lowest BCUT2D eigenvalue weighted by atomic mass is 10.1. The predicted octanol–water partition coefficient (Wildman–Crippen LogP) is 3.36. The zero-order chi connectivity index (χ0) is 13.1. The smallest absolute Gasteiger partial charge is 0.369 e. The summed E-state index contributed by atoms with van der Waals surface area (Å²) in [6, 6.07) is 3.29. The van der Waals surface area contributed by atoms with Gasteiger partial charge >= 0.3 is 6.18 Å². The highest BCUT2D eigenvalue weighted by Gasteiger charge is 2.30. The van der Waals surface area contributed by atoms with E-state index in [0.29, 0.717) is 10.0 Å². The van der Waals surface area contributed by atoms with Crippen LogP contribution in [0, 0.1) is 0 Å². The van der Waals surface area contributed by atoms with Crippen LogP contribution >= 0.6 is 15.9 Å². The van der Waals surface area contributed by atoms with E-state index in [1.165, 1.54) is 18.2 Å². The molecule has 0 aromatic heterocycles. The fourth-order valence-electron chi connectivity index (χ4n) is 1.14. The van der Waals surface area contributed by atoms with Crippen LogP contribution in [-0.4, -0.2) is 5.91 Å². The van der Waals surface area contributed by atoms with Crippen molar-refractivity contribution in [1.29, 1.82) is 0 Å². The Bertz CT molecular complexity index is 455. The lowest BCUT2D eigenvalue weighted by molar-refractivity contribution is -0.137. The van der Waals surface area contributed by atoms with Crippen LogP contribution in [0.15, 0.2) is 28.7 Å². The van der Waals surface area contributed by atoms with Gasteiger partial charge < -0.3 is 5.73 Å². The molecule has 92 valence electrons. The van der Waals surface area contributed by atoms with Crippen molar-refractivity contribution in [2.24, 2.45) is 5.73 Å². The Morgan fingerprint density at radius 1 is 1.41 bits per heavy atom. The maximum absolute atomic E-state index is 12.4. The fraction of sp³-hybridized carbons (Fsp3) is 0.182. The zero-order valence-corrected chi connectivity index (χ0v) is 10.2. The normalized spacial score (nSPS) is 12.0. The van der Waals surface area contributed by atoms with E-state index in [-0.39, 0.29) is 6.42 Å². The van der Waals surface area contributed by atoms with Gasteiger partial charge in [0.15, 0.2) is 0 Å². The molecule has 0 fully saturated rings. The summed E-state index contributed by atoms with van der Waals surface area (Å²) < 4.78 is 37.4. The maximum Gasteiger partial charge on any atom is 0.416 e. The van der Waals surface area contributed by atoms with Crippen LogP contribution in [0.3, 0.4) is 0 Å². The predicted molar refractivity (Wildman–Crippen MR) is 62.0 cm³/mol. The molecule has 1 amide bonds. The molecule has 1 aromatic rings.